The number of hydrogen-bond acceptors (Lipinski definition) is 1. The minimum absolute atomic E-state index is 0.636. The number of benzene rings is 1. The Bertz CT molecular complexity index is 544. The maximum atomic E-state index is 12.8. The third-order valence-corrected chi connectivity index (χ3v) is 5.37. The third kappa shape index (κ3) is 6.11. The molecule has 0 N–H and O–H groups in total. The number of nitriles is 1. The first kappa shape index (κ1) is 18.7. The van der Waals surface area contributed by atoms with Gasteiger partial charge in [0.05, 0.1) is 0 Å². The van der Waals surface area contributed by atoms with E-state index in [1.807, 2.05) is 0 Å². The molecule has 1 saturated carbocycles. The number of halogens is 1. The molecule has 2 rings (SSSR count). The summed E-state index contributed by atoms with van der Waals surface area (Å²) in [5, 5.41) is 8.42. The molecule has 0 bridgehead atoms. The van der Waals surface area contributed by atoms with Crippen molar-refractivity contribution in [2.75, 3.05) is 0 Å². The zero-order valence-corrected chi connectivity index (χ0v) is 14.9. The second-order valence-corrected chi connectivity index (χ2v) is 7.16. The van der Waals surface area contributed by atoms with E-state index in [9.17, 15) is 4.39 Å². The van der Waals surface area contributed by atoms with E-state index in [1.54, 1.807) is 6.07 Å². The van der Waals surface area contributed by atoms with Gasteiger partial charge in [0.1, 0.15) is 6.07 Å². The molecule has 1 fully saturated rings. The molecule has 1 aromatic carbocycles. The number of hydrogen-bond donors (Lipinski definition) is 0. The van der Waals surface area contributed by atoms with Crippen LogP contribution in [0.2, 0.25) is 0 Å². The summed E-state index contributed by atoms with van der Waals surface area (Å²) in [6.07, 6.45) is 13.2. The molecule has 2 heteroatoms. The van der Waals surface area contributed by atoms with Gasteiger partial charge in [0, 0.05) is 0 Å². The zero-order chi connectivity index (χ0) is 17.2. The summed E-state index contributed by atoms with van der Waals surface area (Å²) < 4.78 is 12.8. The van der Waals surface area contributed by atoms with Crippen molar-refractivity contribution in [3.8, 4) is 6.07 Å². The fourth-order valence-corrected chi connectivity index (χ4v) is 3.81. The molecule has 0 unspecified atom stereocenters. The Hall–Kier alpha value is -1.62. The molecule has 0 heterocycles. The van der Waals surface area contributed by atoms with E-state index >= 15 is 0 Å². The number of nitrogens with zero attached hydrogens (tertiary/aromatic N) is 1. The molecule has 1 aliphatic rings. The maximum absolute atomic E-state index is 12.8. The maximum Gasteiger partial charge on any atom is 0.196 e. The van der Waals surface area contributed by atoms with Crippen molar-refractivity contribution in [3.05, 3.63) is 47.3 Å². The fourth-order valence-electron chi connectivity index (χ4n) is 3.81. The van der Waals surface area contributed by atoms with Crippen LogP contribution in [0.25, 0.3) is 0 Å². The molecule has 0 aromatic heterocycles. The monoisotopic (exact) mass is 327 g/mol. The van der Waals surface area contributed by atoms with Crippen LogP contribution in [0.1, 0.15) is 81.8 Å². The first-order chi connectivity index (χ1) is 11.7. The van der Waals surface area contributed by atoms with Gasteiger partial charge < -0.3 is 0 Å². The second-order valence-electron chi connectivity index (χ2n) is 7.16. The van der Waals surface area contributed by atoms with Crippen LogP contribution in [0.3, 0.4) is 0 Å². The molecule has 0 radical (unpaired) electrons. The van der Waals surface area contributed by atoms with Crippen LogP contribution in [-0.4, -0.2) is 0 Å². The molecule has 0 spiro atoms. The molecule has 130 valence electrons. The first-order valence-corrected chi connectivity index (χ1v) is 9.57. The Labute approximate surface area is 146 Å². The quantitative estimate of drug-likeness (QED) is 0.378. The van der Waals surface area contributed by atoms with Gasteiger partial charge in [-0.25, -0.2) is 0 Å². The number of unbranched alkanes of at least 4 members (excludes halogenated alkanes) is 2. The average molecular weight is 327 g/mol. The summed E-state index contributed by atoms with van der Waals surface area (Å²) in [5.74, 6) is 0.748. The van der Waals surface area contributed by atoms with Crippen LogP contribution in [0, 0.1) is 17.2 Å². The second kappa shape index (κ2) is 10.3. The Morgan fingerprint density at radius 1 is 1.17 bits per heavy atom. The van der Waals surface area contributed by atoms with Gasteiger partial charge in [-0.1, -0.05) is 44.0 Å². The van der Waals surface area contributed by atoms with Gasteiger partial charge in [0.25, 0.3) is 0 Å². The molecule has 0 saturated heterocycles. The molecule has 1 nitrogen and oxygen atoms in total. The van der Waals surface area contributed by atoms with Crippen molar-refractivity contribution >= 4 is 0 Å². The van der Waals surface area contributed by atoms with E-state index in [2.05, 4.69) is 31.2 Å². The van der Waals surface area contributed by atoms with Crippen LogP contribution in [0.5, 0.6) is 0 Å². The predicted octanol–water partition coefficient (Wildman–Crippen LogP) is 6.85. The van der Waals surface area contributed by atoms with E-state index in [1.165, 1.54) is 68.6 Å². The number of rotatable bonds is 8. The molecule has 0 atom stereocenters. The van der Waals surface area contributed by atoms with Gasteiger partial charge in [-0.05, 0) is 80.4 Å². The van der Waals surface area contributed by atoms with Crippen LogP contribution in [-0.2, 0) is 6.42 Å². The molecule has 24 heavy (non-hydrogen) atoms. The molecular weight excluding hydrogens is 297 g/mol. The van der Waals surface area contributed by atoms with E-state index in [0.717, 1.165) is 6.42 Å². The lowest BCUT2D eigenvalue weighted by atomic mass is 9.77. The minimum Gasteiger partial charge on any atom is -0.195 e. The molecule has 0 aliphatic heterocycles. The average Bonchev–Trinajstić information content (AvgIpc) is 2.63. The van der Waals surface area contributed by atoms with Crippen LogP contribution in [0.4, 0.5) is 4.39 Å². The summed E-state index contributed by atoms with van der Waals surface area (Å²) in [7, 11) is 0. The minimum atomic E-state index is -0.636. The lowest BCUT2D eigenvalue weighted by Gasteiger charge is -2.28. The van der Waals surface area contributed by atoms with Crippen molar-refractivity contribution in [2.24, 2.45) is 5.92 Å². The van der Waals surface area contributed by atoms with Crippen molar-refractivity contribution in [2.45, 2.75) is 77.0 Å². The standard InChI is InChI=1S/C22H30FN/c1-2-3-4-6-18-9-13-20(14-10-18)21-15-11-19(12-16-21)7-5-8-22(23)17-24/h8-10,13-14,19,21H,2-7,11-12,15-16H2,1H3/b22-8-. The molecule has 1 aliphatic carbocycles. The van der Waals surface area contributed by atoms with Crippen LogP contribution < -0.4 is 0 Å². The van der Waals surface area contributed by atoms with E-state index in [0.29, 0.717) is 18.3 Å². The van der Waals surface area contributed by atoms with Crippen LogP contribution in [0.15, 0.2) is 36.2 Å². The Morgan fingerprint density at radius 2 is 1.88 bits per heavy atom. The van der Waals surface area contributed by atoms with Crippen molar-refractivity contribution in [3.63, 3.8) is 0 Å². The summed E-state index contributed by atoms with van der Waals surface area (Å²) >= 11 is 0. The van der Waals surface area contributed by atoms with Gasteiger partial charge in [0.2, 0.25) is 0 Å². The highest BCUT2D eigenvalue weighted by molar-refractivity contribution is 5.26. The highest BCUT2D eigenvalue weighted by Gasteiger charge is 2.21. The van der Waals surface area contributed by atoms with Gasteiger partial charge in [-0.3, -0.25) is 0 Å². The molecule has 0 amide bonds. The topological polar surface area (TPSA) is 23.8 Å². The van der Waals surface area contributed by atoms with Gasteiger partial charge in [-0.2, -0.15) is 9.65 Å². The van der Waals surface area contributed by atoms with Crippen LogP contribution >= 0.6 is 0 Å². The Kier molecular flexibility index (Phi) is 8.02. The summed E-state index contributed by atoms with van der Waals surface area (Å²) in [5.41, 5.74) is 2.95. The Morgan fingerprint density at radius 3 is 2.50 bits per heavy atom. The van der Waals surface area contributed by atoms with Crippen molar-refractivity contribution in [1.29, 1.82) is 5.26 Å². The summed E-state index contributed by atoms with van der Waals surface area (Å²) in [4.78, 5) is 0. The predicted molar refractivity (Wildman–Crippen MR) is 98.4 cm³/mol. The number of aryl methyl sites for hydroxylation is 1. The van der Waals surface area contributed by atoms with E-state index < -0.39 is 5.83 Å². The number of allylic oxidation sites excluding steroid dienone is 2. The SMILES string of the molecule is CCCCCc1ccc(C2CCC(CC/C=C(\F)C#N)CC2)cc1. The smallest absolute Gasteiger partial charge is 0.195 e. The molecule has 1 aromatic rings. The lowest BCUT2D eigenvalue weighted by Crippen LogP contribution is -2.13. The third-order valence-electron chi connectivity index (χ3n) is 5.37. The highest BCUT2D eigenvalue weighted by atomic mass is 19.1. The highest BCUT2D eigenvalue weighted by Crippen LogP contribution is 2.37. The first-order valence-electron chi connectivity index (χ1n) is 9.57. The van der Waals surface area contributed by atoms with Gasteiger partial charge >= 0.3 is 0 Å². The van der Waals surface area contributed by atoms with E-state index in [-0.39, 0.29) is 0 Å². The fraction of sp³-hybridized carbons (Fsp3) is 0.591. The lowest BCUT2D eigenvalue weighted by molar-refractivity contribution is 0.311. The van der Waals surface area contributed by atoms with Gasteiger partial charge in [0.15, 0.2) is 5.83 Å². The normalized spacial score (nSPS) is 21.5. The Balaban J connectivity index is 1.74. The largest absolute Gasteiger partial charge is 0.196 e. The van der Waals surface area contributed by atoms with Crippen molar-refractivity contribution < 1.29 is 4.39 Å². The summed E-state index contributed by atoms with van der Waals surface area (Å²) in [6.45, 7) is 2.25. The van der Waals surface area contributed by atoms with Gasteiger partial charge in [-0.15, -0.1) is 0 Å². The zero-order valence-electron chi connectivity index (χ0n) is 14.9. The summed E-state index contributed by atoms with van der Waals surface area (Å²) in [6, 6.07) is 10.8. The van der Waals surface area contributed by atoms with E-state index in [4.69, 9.17) is 5.26 Å². The van der Waals surface area contributed by atoms with Crippen molar-refractivity contribution in [1.82, 2.24) is 0 Å². The molecular formula is C22H30FN.